The monoisotopic (exact) mass is 262 g/mol. The van der Waals surface area contributed by atoms with Gasteiger partial charge < -0.3 is 15.4 Å². The number of benzene rings is 1. The second-order valence-corrected chi connectivity index (χ2v) is 5.00. The molecule has 2 N–H and O–H groups in total. The molecule has 0 saturated heterocycles. The Labute approximate surface area is 114 Å². The Bertz CT molecular complexity index is 455. The molecule has 19 heavy (non-hydrogen) atoms. The van der Waals surface area contributed by atoms with Crippen LogP contribution in [0.1, 0.15) is 43.0 Å². The molecular weight excluding hydrogens is 240 g/mol. The van der Waals surface area contributed by atoms with Gasteiger partial charge in [-0.1, -0.05) is 19.4 Å². The summed E-state index contributed by atoms with van der Waals surface area (Å²) in [6.45, 7) is 2.95. The lowest BCUT2D eigenvalue weighted by molar-refractivity contribution is 0.0741. The Morgan fingerprint density at radius 2 is 2.21 bits per heavy atom. The van der Waals surface area contributed by atoms with Crippen molar-refractivity contribution in [2.24, 2.45) is 0 Å². The molecule has 1 aliphatic rings. The minimum atomic E-state index is 0.0346. The van der Waals surface area contributed by atoms with Crippen LogP contribution < -0.4 is 10.5 Å². The van der Waals surface area contributed by atoms with Gasteiger partial charge in [0.1, 0.15) is 5.75 Å². The molecule has 104 valence electrons. The second kappa shape index (κ2) is 5.95. The van der Waals surface area contributed by atoms with E-state index in [1.165, 1.54) is 0 Å². The molecule has 4 nitrogen and oxygen atoms in total. The molecule has 1 aliphatic carbocycles. The topological polar surface area (TPSA) is 55.6 Å². The molecule has 0 atom stereocenters. The highest BCUT2D eigenvalue weighted by Crippen LogP contribution is 2.31. The van der Waals surface area contributed by atoms with Gasteiger partial charge in [-0.05, 0) is 31.4 Å². The van der Waals surface area contributed by atoms with Crippen molar-refractivity contribution in [1.82, 2.24) is 4.90 Å². The standard InChI is InChI=1S/C15H22N2O2/c1-3-4-10-17(11-8-9-11)15(18)12-6-5-7-13(19-2)14(12)16/h5-7,11H,3-4,8-10,16H2,1-2H3. The maximum atomic E-state index is 12.6. The fraction of sp³-hybridized carbons (Fsp3) is 0.533. The molecule has 0 spiro atoms. The van der Waals surface area contributed by atoms with Crippen LogP contribution in [0.15, 0.2) is 18.2 Å². The summed E-state index contributed by atoms with van der Waals surface area (Å²) in [5.41, 5.74) is 7.01. The van der Waals surface area contributed by atoms with Gasteiger partial charge in [-0.25, -0.2) is 0 Å². The van der Waals surface area contributed by atoms with Gasteiger partial charge in [-0.3, -0.25) is 4.79 Å². The number of nitrogen functional groups attached to an aromatic ring is 1. The maximum Gasteiger partial charge on any atom is 0.256 e. The van der Waals surface area contributed by atoms with Gasteiger partial charge >= 0.3 is 0 Å². The van der Waals surface area contributed by atoms with Gasteiger partial charge in [0, 0.05) is 12.6 Å². The average Bonchev–Trinajstić information content (AvgIpc) is 3.24. The fourth-order valence-corrected chi connectivity index (χ4v) is 2.23. The van der Waals surface area contributed by atoms with Crippen LogP contribution >= 0.6 is 0 Å². The van der Waals surface area contributed by atoms with Crippen molar-refractivity contribution in [2.75, 3.05) is 19.4 Å². The second-order valence-electron chi connectivity index (χ2n) is 5.00. The van der Waals surface area contributed by atoms with E-state index in [2.05, 4.69) is 6.92 Å². The summed E-state index contributed by atoms with van der Waals surface area (Å²) in [5, 5.41) is 0. The minimum Gasteiger partial charge on any atom is -0.495 e. The third-order valence-corrected chi connectivity index (χ3v) is 3.52. The number of nitrogens with two attached hydrogens (primary N) is 1. The Morgan fingerprint density at radius 3 is 2.79 bits per heavy atom. The lowest BCUT2D eigenvalue weighted by Gasteiger charge is -2.23. The molecule has 1 fully saturated rings. The number of nitrogens with zero attached hydrogens (tertiary/aromatic N) is 1. The van der Waals surface area contributed by atoms with E-state index in [0.29, 0.717) is 23.0 Å². The summed E-state index contributed by atoms with van der Waals surface area (Å²) in [6.07, 6.45) is 4.34. The number of anilines is 1. The van der Waals surface area contributed by atoms with E-state index in [1.807, 2.05) is 11.0 Å². The quantitative estimate of drug-likeness (QED) is 0.802. The Balaban J connectivity index is 2.21. The molecule has 0 radical (unpaired) electrons. The number of rotatable bonds is 6. The minimum absolute atomic E-state index is 0.0346. The number of ether oxygens (including phenoxy) is 1. The van der Waals surface area contributed by atoms with E-state index in [9.17, 15) is 4.79 Å². The van der Waals surface area contributed by atoms with Crippen molar-refractivity contribution in [3.05, 3.63) is 23.8 Å². The first-order chi connectivity index (χ1) is 9.19. The molecule has 0 aromatic heterocycles. The van der Waals surface area contributed by atoms with Crippen molar-refractivity contribution in [2.45, 2.75) is 38.6 Å². The summed E-state index contributed by atoms with van der Waals surface area (Å²) < 4.78 is 5.18. The van der Waals surface area contributed by atoms with Crippen molar-refractivity contribution >= 4 is 11.6 Å². The van der Waals surface area contributed by atoms with E-state index < -0.39 is 0 Å². The zero-order valence-corrected chi connectivity index (χ0v) is 11.7. The van der Waals surface area contributed by atoms with E-state index >= 15 is 0 Å². The summed E-state index contributed by atoms with van der Waals surface area (Å²) in [6, 6.07) is 5.78. The molecule has 2 rings (SSSR count). The number of para-hydroxylation sites is 1. The molecule has 1 amide bonds. The predicted octanol–water partition coefficient (Wildman–Crippen LogP) is 2.68. The molecule has 0 heterocycles. The molecule has 4 heteroatoms. The van der Waals surface area contributed by atoms with Crippen LogP contribution in [0.3, 0.4) is 0 Å². The zero-order chi connectivity index (χ0) is 13.8. The number of carbonyl (C=O) groups excluding carboxylic acids is 1. The number of hydrogen-bond donors (Lipinski definition) is 1. The van der Waals surface area contributed by atoms with Crippen molar-refractivity contribution < 1.29 is 9.53 Å². The summed E-state index contributed by atoms with van der Waals surface area (Å²) in [7, 11) is 1.57. The van der Waals surface area contributed by atoms with Crippen molar-refractivity contribution in [3.63, 3.8) is 0 Å². The van der Waals surface area contributed by atoms with Gasteiger partial charge in [0.25, 0.3) is 5.91 Å². The zero-order valence-electron chi connectivity index (χ0n) is 11.7. The van der Waals surface area contributed by atoms with Crippen LogP contribution in [-0.4, -0.2) is 30.5 Å². The molecule has 1 aromatic rings. The van der Waals surface area contributed by atoms with Gasteiger partial charge in [0.15, 0.2) is 0 Å². The number of carbonyl (C=O) groups is 1. The lowest BCUT2D eigenvalue weighted by atomic mass is 10.1. The van der Waals surface area contributed by atoms with E-state index in [4.69, 9.17) is 10.5 Å². The summed E-state index contributed by atoms with van der Waals surface area (Å²) in [4.78, 5) is 14.6. The first kappa shape index (κ1) is 13.7. The normalized spacial score (nSPS) is 14.2. The van der Waals surface area contributed by atoms with Crippen LogP contribution in [0.2, 0.25) is 0 Å². The van der Waals surface area contributed by atoms with E-state index in [0.717, 1.165) is 32.2 Å². The van der Waals surface area contributed by atoms with E-state index in [1.54, 1.807) is 19.2 Å². The smallest absolute Gasteiger partial charge is 0.256 e. The van der Waals surface area contributed by atoms with Crippen LogP contribution in [0, 0.1) is 0 Å². The van der Waals surface area contributed by atoms with E-state index in [-0.39, 0.29) is 5.91 Å². The van der Waals surface area contributed by atoms with Crippen LogP contribution in [-0.2, 0) is 0 Å². The third kappa shape index (κ3) is 3.00. The Morgan fingerprint density at radius 1 is 1.47 bits per heavy atom. The highest BCUT2D eigenvalue weighted by molar-refractivity contribution is 6.00. The van der Waals surface area contributed by atoms with Gasteiger partial charge in [0.05, 0.1) is 18.4 Å². The molecule has 1 saturated carbocycles. The predicted molar refractivity (Wildman–Crippen MR) is 76.4 cm³/mol. The van der Waals surface area contributed by atoms with Gasteiger partial charge in [0.2, 0.25) is 0 Å². The van der Waals surface area contributed by atoms with Crippen LogP contribution in [0.4, 0.5) is 5.69 Å². The first-order valence-corrected chi connectivity index (χ1v) is 6.92. The third-order valence-electron chi connectivity index (χ3n) is 3.52. The average molecular weight is 262 g/mol. The van der Waals surface area contributed by atoms with Crippen molar-refractivity contribution in [3.8, 4) is 5.75 Å². The molecular formula is C15H22N2O2. The maximum absolute atomic E-state index is 12.6. The number of unbranched alkanes of at least 4 members (excludes halogenated alkanes) is 1. The first-order valence-electron chi connectivity index (χ1n) is 6.92. The lowest BCUT2D eigenvalue weighted by Crippen LogP contribution is -2.34. The molecule has 0 unspecified atom stereocenters. The SMILES string of the molecule is CCCCN(C(=O)c1cccc(OC)c1N)C1CC1. The van der Waals surface area contributed by atoms with Crippen LogP contribution in [0.5, 0.6) is 5.75 Å². The molecule has 1 aromatic carbocycles. The summed E-state index contributed by atoms with van der Waals surface area (Å²) >= 11 is 0. The molecule has 0 aliphatic heterocycles. The number of hydrogen-bond acceptors (Lipinski definition) is 3. The Kier molecular flexibility index (Phi) is 4.30. The highest BCUT2D eigenvalue weighted by Gasteiger charge is 2.33. The van der Waals surface area contributed by atoms with Gasteiger partial charge in [-0.15, -0.1) is 0 Å². The van der Waals surface area contributed by atoms with Crippen LogP contribution in [0.25, 0.3) is 0 Å². The van der Waals surface area contributed by atoms with Crippen molar-refractivity contribution in [1.29, 1.82) is 0 Å². The van der Waals surface area contributed by atoms with Gasteiger partial charge in [-0.2, -0.15) is 0 Å². The largest absolute Gasteiger partial charge is 0.495 e. The summed E-state index contributed by atoms with van der Waals surface area (Å²) in [5.74, 6) is 0.601. The highest BCUT2D eigenvalue weighted by atomic mass is 16.5. The Hall–Kier alpha value is -1.71. The fourth-order valence-electron chi connectivity index (χ4n) is 2.23. The number of methoxy groups -OCH3 is 1. The molecule has 0 bridgehead atoms. The number of amides is 1.